The molecule has 1 heterocycles. The lowest BCUT2D eigenvalue weighted by Crippen LogP contribution is -2.45. The second kappa shape index (κ2) is 6.91. The number of aryl methyl sites for hydroxylation is 1. The summed E-state index contributed by atoms with van der Waals surface area (Å²) in [7, 11) is 0. The number of carbonyl (C=O) groups is 1. The van der Waals surface area contributed by atoms with E-state index in [2.05, 4.69) is 17.1 Å². The summed E-state index contributed by atoms with van der Waals surface area (Å²) >= 11 is 0. The predicted octanol–water partition coefficient (Wildman–Crippen LogP) is 1.30. The number of rotatable bonds is 5. The van der Waals surface area contributed by atoms with Crippen LogP contribution in [-0.4, -0.2) is 41.6 Å². The first kappa shape index (κ1) is 15.8. The number of hydrogen-bond acceptors (Lipinski definition) is 4. The highest BCUT2D eigenvalue weighted by Gasteiger charge is 2.22. The number of benzene rings is 1. The summed E-state index contributed by atoms with van der Waals surface area (Å²) in [5, 5.41) is 13.6. The maximum atomic E-state index is 10.9. The third-order valence-corrected chi connectivity index (χ3v) is 4.10. The summed E-state index contributed by atoms with van der Waals surface area (Å²) in [6, 6.07) is 6.20. The van der Waals surface area contributed by atoms with E-state index in [0.29, 0.717) is 18.3 Å². The third-order valence-electron chi connectivity index (χ3n) is 4.10. The van der Waals surface area contributed by atoms with Gasteiger partial charge < -0.3 is 16.2 Å². The molecule has 0 saturated carbocycles. The second-order valence-electron chi connectivity index (χ2n) is 5.97. The van der Waals surface area contributed by atoms with Crippen LogP contribution in [0.2, 0.25) is 0 Å². The van der Waals surface area contributed by atoms with Crippen LogP contribution in [0.3, 0.4) is 0 Å². The zero-order valence-corrected chi connectivity index (χ0v) is 12.8. The van der Waals surface area contributed by atoms with Gasteiger partial charge in [-0.25, -0.2) is 0 Å². The number of phenolic OH excluding ortho intramolecular Hbond substituents is 1. The Hall–Kier alpha value is -1.59. The lowest BCUT2D eigenvalue weighted by atomic mass is 10.00. The van der Waals surface area contributed by atoms with Gasteiger partial charge >= 0.3 is 0 Å². The number of nitrogens with two attached hydrogens (primary N) is 1. The van der Waals surface area contributed by atoms with Gasteiger partial charge in [0.25, 0.3) is 0 Å². The predicted molar refractivity (Wildman–Crippen MR) is 83.1 cm³/mol. The Labute approximate surface area is 126 Å². The summed E-state index contributed by atoms with van der Waals surface area (Å²) in [5.74, 6) is 0.0752. The third kappa shape index (κ3) is 4.44. The van der Waals surface area contributed by atoms with Crippen LogP contribution in [0.4, 0.5) is 0 Å². The molecule has 0 bridgehead atoms. The van der Waals surface area contributed by atoms with Crippen LogP contribution in [0, 0.1) is 6.92 Å². The number of carbonyl (C=O) groups excluding carboxylic acids is 1. The summed E-state index contributed by atoms with van der Waals surface area (Å²) in [6.07, 6.45) is 1.98. The lowest BCUT2D eigenvalue weighted by Gasteiger charge is -2.33. The van der Waals surface area contributed by atoms with E-state index in [1.807, 2.05) is 19.1 Å². The normalized spacial score (nSPS) is 18.6. The number of likely N-dealkylation sites (tertiary alicyclic amines) is 1. The Morgan fingerprint density at radius 2 is 2.14 bits per heavy atom. The van der Waals surface area contributed by atoms with Crippen molar-refractivity contribution in [1.29, 1.82) is 0 Å². The largest absolute Gasteiger partial charge is 0.508 e. The number of amides is 1. The monoisotopic (exact) mass is 291 g/mol. The molecule has 116 valence electrons. The fourth-order valence-corrected chi connectivity index (χ4v) is 2.94. The van der Waals surface area contributed by atoms with Gasteiger partial charge in [-0.1, -0.05) is 17.7 Å². The molecule has 1 aliphatic heterocycles. The van der Waals surface area contributed by atoms with E-state index in [1.54, 1.807) is 6.07 Å². The molecule has 5 heteroatoms. The SMILES string of the molecule is Cc1ccc(O)c(C(C)NC2CCN(CC(N)=O)CC2)c1. The molecule has 1 fully saturated rings. The maximum absolute atomic E-state index is 10.9. The van der Waals surface area contributed by atoms with E-state index in [1.165, 1.54) is 0 Å². The first-order valence-electron chi connectivity index (χ1n) is 7.52. The molecular formula is C16H25N3O2. The van der Waals surface area contributed by atoms with Gasteiger partial charge in [0.1, 0.15) is 5.75 Å². The highest BCUT2D eigenvalue weighted by Crippen LogP contribution is 2.26. The van der Waals surface area contributed by atoms with Crippen molar-refractivity contribution >= 4 is 5.91 Å². The highest BCUT2D eigenvalue weighted by atomic mass is 16.3. The van der Waals surface area contributed by atoms with E-state index in [0.717, 1.165) is 37.1 Å². The van der Waals surface area contributed by atoms with E-state index < -0.39 is 0 Å². The zero-order chi connectivity index (χ0) is 15.4. The molecule has 1 amide bonds. The standard InChI is InChI=1S/C16H25N3O2/c1-11-3-4-15(20)14(9-11)12(2)18-13-5-7-19(8-6-13)10-16(17)21/h3-4,9,12-13,18,20H,5-8,10H2,1-2H3,(H2,17,21). The van der Waals surface area contributed by atoms with Gasteiger partial charge in [-0.3, -0.25) is 9.69 Å². The summed E-state index contributed by atoms with van der Waals surface area (Å²) < 4.78 is 0. The Kier molecular flexibility index (Phi) is 5.20. The average Bonchev–Trinajstić information content (AvgIpc) is 2.43. The molecule has 0 radical (unpaired) electrons. The fraction of sp³-hybridized carbons (Fsp3) is 0.562. The quantitative estimate of drug-likeness (QED) is 0.764. The van der Waals surface area contributed by atoms with Gasteiger partial charge in [0, 0.05) is 30.7 Å². The van der Waals surface area contributed by atoms with Crippen LogP contribution in [0.15, 0.2) is 18.2 Å². The van der Waals surface area contributed by atoms with Gasteiger partial charge in [-0.15, -0.1) is 0 Å². The van der Waals surface area contributed by atoms with E-state index in [-0.39, 0.29) is 11.9 Å². The highest BCUT2D eigenvalue weighted by molar-refractivity contribution is 5.75. The van der Waals surface area contributed by atoms with E-state index in [9.17, 15) is 9.90 Å². The number of nitrogens with one attached hydrogen (secondary N) is 1. The molecule has 0 spiro atoms. The molecular weight excluding hydrogens is 266 g/mol. The smallest absolute Gasteiger partial charge is 0.231 e. The van der Waals surface area contributed by atoms with Gasteiger partial charge in [-0.05, 0) is 32.8 Å². The Balaban J connectivity index is 1.88. The first-order chi connectivity index (χ1) is 9.95. The first-order valence-corrected chi connectivity index (χ1v) is 7.52. The van der Waals surface area contributed by atoms with Crippen molar-refractivity contribution in [2.75, 3.05) is 19.6 Å². The number of phenols is 1. The second-order valence-corrected chi connectivity index (χ2v) is 5.97. The molecule has 0 aromatic heterocycles. The molecule has 1 aliphatic rings. The minimum atomic E-state index is -0.264. The summed E-state index contributed by atoms with van der Waals surface area (Å²) in [5.41, 5.74) is 7.31. The van der Waals surface area contributed by atoms with Crippen LogP contribution in [0.5, 0.6) is 5.75 Å². The number of hydrogen-bond donors (Lipinski definition) is 3. The van der Waals surface area contributed by atoms with Gasteiger partial charge in [-0.2, -0.15) is 0 Å². The molecule has 5 nitrogen and oxygen atoms in total. The van der Waals surface area contributed by atoms with Crippen molar-refractivity contribution < 1.29 is 9.90 Å². The van der Waals surface area contributed by atoms with Crippen molar-refractivity contribution in [3.63, 3.8) is 0 Å². The minimum absolute atomic E-state index is 0.109. The van der Waals surface area contributed by atoms with Gasteiger partial charge in [0.15, 0.2) is 0 Å². The molecule has 4 N–H and O–H groups in total. The molecule has 1 aromatic rings. The van der Waals surface area contributed by atoms with Crippen LogP contribution < -0.4 is 11.1 Å². The maximum Gasteiger partial charge on any atom is 0.231 e. The Morgan fingerprint density at radius 3 is 2.76 bits per heavy atom. The summed E-state index contributed by atoms with van der Waals surface area (Å²) in [4.78, 5) is 13.0. The van der Waals surface area contributed by atoms with Crippen molar-refractivity contribution in [1.82, 2.24) is 10.2 Å². The Bertz CT molecular complexity index is 496. The van der Waals surface area contributed by atoms with Gasteiger partial charge in [0.05, 0.1) is 6.54 Å². The Morgan fingerprint density at radius 1 is 1.48 bits per heavy atom. The lowest BCUT2D eigenvalue weighted by molar-refractivity contribution is -0.119. The van der Waals surface area contributed by atoms with Crippen molar-refractivity contribution in [3.8, 4) is 5.75 Å². The number of aromatic hydroxyl groups is 1. The zero-order valence-electron chi connectivity index (χ0n) is 12.8. The molecule has 21 heavy (non-hydrogen) atoms. The van der Waals surface area contributed by atoms with E-state index in [4.69, 9.17) is 5.73 Å². The van der Waals surface area contributed by atoms with E-state index >= 15 is 0 Å². The fourth-order valence-electron chi connectivity index (χ4n) is 2.94. The van der Waals surface area contributed by atoms with Gasteiger partial charge in [0.2, 0.25) is 5.91 Å². The number of primary amides is 1. The minimum Gasteiger partial charge on any atom is -0.508 e. The van der Waals surface area contributed by atoms with Crippen LogP contribution >= 0.6 is 0 Å². The van der Waals surface area contributed by atoms with Crippen molar-refractivity contribution in [3.05, 3.63) is 29.3 Å². The average molecular weight is 291 g/mol. The van der Waals surface area contributed by atoms with Crippen LogP contribution in [0.25, 0.3) is 0 Å². The van der Waals surface area contributed by atoms with Crippen LogP contribution in [-0.2, 0) is 4.79 Å². The van der Waals surface area contributed by atoms with Crippen molar-refractivity contribution in [2.24, 2.45) is 5.73 Å². The molecule has 2 rings (SSSR count). The number of piperidine rings is 1. The van der Waals surface area contributed by atoms with Crippen LogP contribution in [0.1, 0.15) is 36.9 Å². The topological polar surface area (TPSA) is 78.6 Å². The molecule has 1 aromatic carbocycles. The molecule has 0 aliphatic carbocycles. The van der Waals surface area contributed by atoms with Crippen molar-refractivity contribution in [2.45, 2.75) is 38.8 Å². The molecule has 1 unspecified atom stereocenters. The molecule has 1 atom stereocenters. The number of nitrogens with zero attached hydrogens (tertiary/aromatic N) is 1. The molecule has 1 saturated heterocycles. The summed E-state index contributed by atoms with van der Waals surface area (Å²) in [6.45, 7) is 6.21.